The maximum Gasteiger partial charge on any atom is 0.255 e. The van der Waals surface area contributed by atoms with E-state index in [2.05, 4.69) is 22.1 Å². The lowest BCUT2D eigenvalue weighted by atomic mass is 10.1. The first-order chi connectivity index (χ1) is 18.4. The Kier molecular flexibility index (Phi) is 6.74. The van der Waals surface area contributed by atoms with Gasteiger partial charge in [-0.05, 0) is 55.0 Å². The van der Waals surface area contributed by atoms with Crippen LogP contribution in [0.25, 0.3) is 5.69 Å². The van der Waals surface area contributed by atoms with E-state index in [9.17, 15) is 14.4 Å². The second kappa shape index (κ2) is 10.4. The summed E-state index contributed by atoms with van der Waals surface area (Å²) in [5.74, 6) is 5.84. The van der Waals surface area contributed by atoms with Gasteiger partial charge in [0.05, 0.1) is 11.3 Å². The van der Waals surface area contributed by atoms with E-state index in [0.29, 0.717) is 33.8 Å². The topological polar surface area (TPSA) is 93.5 Å². The van der Waals surface area contributed by atoms with Crippen molar-refractivity contribution in [3.63, 3.8) is 0 Å². The van der Waals surface area contributed by atoms with Crippen molar-refractivity contribution in [1.29, 1.82) is 0 Å². The molecule has 0 radical (unpaired) electrons. The number of amides is 2. The zero-order chi connectivity index (χ0) is 26.6. The minimum absolute atomic E-state index is 0.0417. The van der Waals surface area contributed by atoms with Gasteiger partial charge >= 0.3 is 0 Å². The summed E-state index contributed by atoms with van der Waals surface area (Å²) >= 11 is 0. The molecule has 3 heterocycles. The van der Waals surface area contributed by atoms with Crippen LogP contribution >= 0.6 is 0 Å². The first-order valence-electron chi connectivity index (χ1n) is 12.0. The number of benzene rings is 2. The molecule has 188 valence electrons. The molecule has 0 unspecified atom stereocenters. The second-order valence-electron chi connectivity index (χ2n) is 8.82. The first kappa shape index (κ1) is 24.5. The highest BCUT2D eigenvalue weighted by molar-refractivity contribution is 6.03. The average molecular weight is 505 g/mol. The van der Waals surface area contributed by atoms with Crippen molar-refractivity contribution in [2.45, 2.75) is 13.0 Å². The average Bonchev–Trinajstić information content (AvgIpc) is 3.05. The highest BCUT2D eigenvalue weighted by atomic mass is 16.5. The van der Waals surface area contributed by atoms with Crippen LogP contribution in [0.3, 0.4) is 0 Å². The number of carbonyl (C=O) groups excluding carboxylic acids is 2. The van der Waals surface area contributed by atoms with Crippen LogP contribution in [0, 0.1) is 18.8 Å². The summed E-state index contributed by atoms with van der Waals surface area (Å²) in [7, 11) is 1.63. The molecule has 2 aromatic heterocycles. The van der Waals surface area contributed by atoms with Crippen LogP contribution in [0.1, 0.15) is 27.0 Å². The Balaban J connectivity index is 1.37. The van der Waals surface area contributed by atoms with E-state index in [0.717, 1.165) is 5.56 Å². The zero-order valence-electron chi connectivity index (χ0n) is 20.8. The van der Waals surface area contributed by atoms with Crippen molar-refractivity contribution in [3.8, 4) is 23.3 Å². The molecular weight excluding hydrogens is 480 g/mol. The molecule has 8 heteroatoms. The van der Waals surface area contributed by atoms with Gasteiger partial charge in [0.1, 0.15) is 18.4 Å². The maximum atomic E-state index is 13.3. The lowest BCUT2D eigenvalue weighted by Crippen LogP contribution is -2.49. The third-order valence-corrected chi connectivity index (χ3v) is 6.21. The maximum absolute atomic E-state index is 13.3. The number of aromatic nitrogens is 2. The molecule has 2 amide bonds. The number of nitrogens with zero attached hydrogens (tertiary/aromatic N) is 3. The molecule has 0 fully saturated rings. The minimum atomic E-state index is -0.929. The Bertz CT molecular complexity index is 1640. The van der Waals surface area contributed by atoms with Gasteiger partial charge in [0.15, 0.2) is 0 Å². The van der Waals surface area contributed by atoms with Crippen molar-refractivity contribution in [2.75, 3.05) is 18.6 Å². The van der Waals surface area contributed by atoms with E-state index in [1.807, 2.05) is 36.4 Å². The van der Waals surface area contributed by atoms with E-state index >= 15 is 0 Å². The largest absolute Gasteiger partial charge is 0.489 e. The second-order valence-corrected chi connectivity index (χ2v) is 8.82. The lowest BCUT2D eigenvalue weighted by Gasteiger charge is -2.21. The molecule has 0 bridgehead atoms. The van der Waals surface area contributed by atoms with Crippen LogP contribution < -0.4 is 20.5 Å². The third-order valence-electron chi connectivity index (χ3n) is 6.21. The molecule has 1 aliphatic heterocycles. The van der Waals surface area contributed by atoms with Crippen molar-refractivity contribution in [1.82, 2.24) is 14.9 Å². The molecule has 0 saturated heterocycles. The molecule has 4 aromatic rings. The standard InChI is InChI=1S/C30H24N4O4/c1-20-15-28(35)34(23-8-4-3-5-9-23)18-24(20)29(36)32-25-19-38-27-13-12-21(16-26(27)33(2)30(25)37)10-11-22-7-6-14-31-17-22/h3-9,12-18,25H,19H2,1-2H3,(H,32,36)/t25-/m0/s1. The van der Waals surface area contributed by atoms with Gasteiger partial charge < -0.3 is 15.0 Å². The van der Waals surface area contributed by atoms with Crippen LogP contribution in [0.5, 0.6) is 5.75 Å². The Labute approximate surface area is 219 Å². The minimum Gasteiger partial charge on any atom is -0.489 e. The number of hydrogen-bond acceptors (Lipinski definition) is 5. The number of ether oxygens (including phenoxy) is 1. The van der Waals surface area contributed by atoms with Gasteiger partial charge in [-0.3, -0.25) is 23.9 Å². The Morgan fingerprint density at radius 3 is 2.58 bits per heavy atom. The van der Waals surface area contributed by atoms with E-state index in [1.165, 1.54) is 21.7 Å². The number of nitrogens with one attached hydrogen (secondary N) is 1. The number of fused-ring (bicyclic) bond motifs is 1. The van der Waals surface area contributed by atoms with E-state index in [4.69, 9.17) is 4.74 Å². The zero-order valence-corrected chi connectivity index (χ0v) is 20.8. The number of rotatable bonds is 3. The number of aryl methyl sites for hydroxylation is 1. The van der Waals surface area contributed by atoms with E-state index in [-0.39, 0.29) is 18.1 Å². The van der Waals surface area contributed by atoms with Crippen LogP contribution in [-0.2, 0) is 4.79 Å². The fraction of sp³-hybridized carbons (Fsp3) is 0.133. The molecule has 0 spiro atoms. The first-order valence-corrected chi connectivity index (χ1v) is 12.0. The normalized spacial score (nSPS) is 14.4. The molecule has 1 atom stereocenters. The number of pyridine rings is 2. The highest BCUT2D eigenvalue weighted by Crippen LogP contribution is 2.31. The number of carbonyl (C=O) groups is 2. The third kappa shape index (κ3) is 5.04. The van der Waals surface area contributed by atoms with E-state index < -0.39 is 11.9 Å². The van der Waals surface area contributed by atoms with Crippen LogP contribution in [-0.4, -0.2) is 41.1 Å². The SMILES string of the molecule is Cc1cc(=O)n(-c2ccccc2)cc1C(=O)N[C@H]1COc2ccc(C#Cc3cccnc3)cc2N(C)C1=O. The molecule has 1 N–H and O–H groups in total. The van der Waals surface area contributed by atoms with Gasteiger partial charge in [-0.2, -0.15) is 0 Å². The molecule has 5 rings (SSSR count). The number of para-hydroxylation sites is 1. The number of anilines is 1. The molecule has 38 heavy (non-hydrogen) atoms. The quantitative estimate of drug-likeness (QED) is 0.433. The fourth-order valence-corrected chi connectivity index (χ4v) is 4.15. The Morgan fingerprint density at radius 2 is 1.82 bits per heavy atom. The molecule has 0 aliphatic carbocycles. The van der Waals surface area contributed by atoms with Gasteiger partial charge in [0.2, 0.25) is 0 Å². The molecule has 8 nitrogen and oxygen atoms in total. The van der Waals surface area contributed by atoms with Gasteiger partial charge in [-0.1, -0.05) is 30.0 Å². The summed E-state index contributed by atoms with van der Waals surface area (Å²) in [5.41, 5.74) is 3.22. The summed E-state index contributed by atoms with van der Waals surface area (Å²) in [6.45, 7) is 1.65. The summed E-state index contributed by atoms with van der Waals surface area (Å²) in [5, 5.41) is 2.79. The smallest absolute Gasteiger partial charge is 0.255 e. The van der Waals surface area contributed by atoms with Crippen molar-refractivity contribution in [2.24, 2.45) is 0 Å². The molecule has 2 aromatic carbocycles. The monoisotopic (exact) mass is 504 g/mol. The highest BCUT2D eigenvalue weighted by Gasteiger charge is 2.31. The summed E-state index contributed by atoms with van der Waals surface area (Å²) < 4.78 is 7.31. The summed E-state index contributed by atoms with van der Waals surface area (Å²) in [6, 6.07) is 18.5. The van der Waals surface area contributed by atoms with Crippen molar-refractivity contribution < 1.29 is 14.3 Å². The summed E-state index contributed by atoms with van der Waals surface area (Å²) in [6.07, 6.45) is 4.86. The van der Waals surface area contributed by atoms with Crippen LogP contribution in [0.4, 0.5) is 5.69 Å². The lowest BCUT2D eigenvalue weighted by molar-refractivity contribution is -0.120. The molecular formula is C30H24N4O4. The van der Waals surface area contributed by atoms with Crippen molar-refractivity contribution in [3.05, 3.63) is 118 Å². The van der Waals surface area contributed by atoms with Crippen molar-refractivity contribution >= 4 is 17.5 Å². The molecule has 0 saturated carbocycles. The fourth-order valence-electron chi connectivity index (χ4n) is 4.15. The summed E-state index contributed by atoms with van der Waals surface area (Å²) in [4.78, 5) is 44.7. The van der Waals surface area contributed by atoms with E-state index in [1.54, 1.807) is 50.6 Å². The van der Waals surface area contributed by atoms with Gasteiger partial charge in [-0.25, -0.2) is 0 Å². The van der Waals surface area contributed by atoms with Gasteiger partial charge in [-0.15, -0.1) is 0 Å². The van der Waals surface area contributed by atoms with Gasteiger partial charge in [0.25, 0.3) is 17.4 Å². The van der Waals surface area contributed by atoms with Crippen LogP contribution in [0.15, 0.2) is 90.1 Å². The Morgan fingerprint density at radius 1 is 1.03 bits per heavy atom. The molecule has 1 aliphatic rings. The van der Waals surface area contributed by atoms with Crippen LogP contribution in [0.2, 0.25) is 0 Å². The predicted molar refractivity (Wildman–Crippen MR) is 144 cm³/mol. The number of likely N-dealkylation sites (N-methyl/N-ethyl adjacent to an activating group) is 1. The van der Waals surface area contributed by atoms with Gasteiger partial charge in [0, 0.05) is 48.5 Å². The Hall–Kier alpha value is -5.16. The predicted octanol–water partition coefficient (Wildman–Crippen LogP) is 3.09. The number of hydrogen-bond donors (Lipinski definition) is 1.